The van der Waals surface area contributed by atoms with E-state index in [-0.39, 0.29) is 24.3 Å². The Hall–Kier alpha value is -2.56. The van der Waals surface area contributed by atoms with E-state index in [0.29, 0.717) is 0 Å². The second-order valence-corrected chi connectivity index (χ2v) is 7.16. The van der Waals surface area contributed by atoms with Crippen LogP contribution in [0.25, 0.3) is 0 Å². The first kappa shape index (κ1) is 18.8. The minimum Gasteiger partial charge on any atom is -0.459 e. The molecule has 1 aromatic carbocycles. The fraction of sp³-hybridized carbons (Fsp3) is 0.400. The van der Waals surface area contributed by atoms with E-state index in [0.717, 1.165) is 16.7 Å². The molecule has 25 heavy (non-hydrogen) atoms. The Labute approximate surface area is 148 Å². The normalized spacial score (nSPS) is 11.2. The molecule has 5 nitrogen and oxygen atoms in total. The largest absolute Gasteiger partial charge is 0.459 e. The number of benzene rings is 1. The zero-order chi connectivity index (χ0) is 18.6. The molecule has 0 atom stereocenters. The number of amides is 1. The second-order valence-electron chi connectivity index (χ2n) is 7.16. The fourth-order valence-corrected chi connectivity index (χ4v) is 2.51. The van der Waals surface area contributed by atoms with Gasteiger partial charge in [0.2, 0.25) is 0 Å². The van der Waals surface area contributed by atoms with Gasteiger partial charge in [-0.1, -0.05) is 32.9 Å². The molecule has 0 aliphatic heterocycles. The minimum atomic E-state index is -0.487. The molecule has 0 saturated heterocycles. The first-order valence-corrected chi connectivity index (χ1v) is 8.26. The summed E-state index contributed by atoms with van der Waals surface area (Å²) in [6.45, 7) is 10.5. The molecular weight excluding hydrogens is 318 g/mol. The summed E-state index contributed by atoms with van der Waals surface area (Å²) in [5.41, 5.74) is 4.51. The van der Waals surface area contributed by atoms with Gasteiger partial charge in [-0.2, -0.15) is 0 Å². The lowest BCUT2D eigenvalue weighted by atomic mass is 9.84. The summed E-state index contributed by atoms with van der Waals surface area (Å²) in [6, 6.07) is 7.41. The van der Waals surface area contributed by atoms with Gasteiger partial charge in [-0.3, -0.25) is 9.59 Å². The summed E-state index contributed by atoms with van der Waals surface area (Å²) in [5, 5.41) is 2.47. The van der Waals surface area contributed by atoms with Gasteiger partial charge in [0.05, 0.1) is 6.26 Å². The Morgan fingerprint density at radius 2 is 1.80 bits per heavy atom. The van der Waals surface area contributed by atoms with Crippen LogP contribution >= 0.6 is 0 Å². The molecule has 1 heterocycles. The van der Waals surface area contributed by atoms with Crippen molar-refractivity contribution in [3.05, 3.63) is 58.5 Å². The second kappa shape index (κ2) is 7.55. The summed E-state index contributed by atoms with van der Waals surface area (Å²) in [6.07, 6.45) is 1.40. The molecule has 1 amide bonds. The van der Waals surface area contributed by atoms with Crippen LogP contribution in [0.3, 0.4) is 0 Å². The molecular formula is C20H25NO4. The van der Waals surface area contributed by atoms with E-state index in [4.69, 9.17) is 9.15 Å². The number of hydrogen-bond donors (Lipinski definition) is 1. The molecule has 0 bridgehead atoms. The number of hydrogen-bond acceptors (Lipinski definition) is 4. The van der Waals surface area contributed by atoms with Crippen LogP contribution in [0.2, 0.25) is 0 Å². The molecule has 5 heteroatoms. The Bertz CT molecular complexity index is 731. The van der Waals surface area contributed by atoms with Crippen LogP contribution in [0.1, 0.15) is 53.6 Å². The number of aryl methyl sites for hydroxylation is 2. The Balaban J connectivity index is 1.92. The number of furan rings is 1. The summed E-state index contributed by atoms with van der Waals surface area (Å²) >= 11 is 0. The lowest BCUT2D eigenvalue weighted by Crippen LogP contribution is -2.30. The third kappa shape index (κ3) is 4.95. The van der Waals surface area contributed by atoms with E-state index < -0.39 is 11.9 Å². The average molecular weight is 343 g/mol. The third-order valence-corrected chi connectivity index (χ3v) is 4.08. The lowest BCUT2D eigenvalue weighted by molar-refractivity contribution is -0.143. The number of carbonyl (C=O) groups is 2. The monoisotopic (exact) mass is 343 g/mol. The fourth-order valence-electron chi connectivity index (χ4n) is 2.51. The van der Waals surface area contributed by atoms with E-state index >= 15 is 0 Å². The van der Waals surface area contributed by atoms with Gasteiger partial charge < -0.3 is 14.5 Å². The highest BCUT2D eigenvalue weighted by atomic mass is 16.5. The maximum Gasteiger partial charge on any atom is 0.325 e. The van der Waals surface area contributed by atoms with Crippen molar-refractivity contribution in [1.29, 1.82) is 0 Å². The van der Waals surface area contributed by atoms with E-state index in [9.17, 15) is 9.59 Å². The van der Waals surface area contributed by atoms with Gasteiger partial charge in [0, 0.05) is 0 Å². The summed E-state index contributed by atoms with van der Waals surface area (Å²) in [7, 11) is 0. The van der Waals surface area contributed by atoms with Crippen LogP contribution in [0, 0.1) is 13.8 Å². The van der Waals surface area contributed by atoms with Crippen LogP contribution in [0.5, 0.6) is 0 Å². The van der Waals surface area contributed by atoms with Crippen LogP contribution in [-0.4, -0.2) is 18.4 Å². The molecule has 0 unspecified atom stereocenters. The highest BCUT2D eigenvalue weighted by Crippen LogP contribution is 2.27. The van der Waals surface area contributed by atoms with Gasteiger partial charge in [0.15, 0.2) is 5.76 Å². The van der Waals surface area contributed by atoms with Crippen molar-refractivity contribution in [3.63, 3.8) is 0 Å². The lowest BCUT2D eigenvalue weighted by Gasteiger charge is -2.22. The predicted molar refractivity (Wildman–Crippen MR) is 95.5 cm³/mol. The number of ether oxygens (including phenoxy) is 1. The van der Waals surface area contributed by atoms with Crippen molar-refractivity contribution in [2.24, 2.45) is 0 Å². The van der Waals surface area contributed by atoms with Crippen LogP contribution in [0.4, 0.5) is 0 Å². The van der Waals surface area contributed by atoms with Gasteiger partial charge in [0.25, 0.3) is 5.91 Å². The maximum atomic E-state index is 11.9. The minimum absolute atomic E-state index is 0.0703. The molecule has 0 spiro atoms. The van der Waals surface area contributed by atoms with Crippen LogP contribution in [0.15, 0.2) is 34.9 Å². The quantitative estimate of drug-likeness (QED) is 0.841. The number of nitrogens with one attached hydrogen (secondary N) is 1. The molecule has 1 N–H and O–H groups in total. The van der Waals surface area contributed by atoms with E-state index in [1.807, 2.05) is 13.8 Å². The van der Waals surface area contributed by atoms with Crippen molar-refractivity contribution in [2.45, 2.75) is 46.6 Å². The molecule has 134 valence electrons. The van der Waals surface area contributed by atoms with Gasteiger partial charge in [-0.15, -0.1) is 0 Å². The molecule has 0 aliphatic rings. The number of rotatable bonds is 5. The van der Waals surface area contributed by atoms with Crippen molar-refractivity contribution in [1.82, 2.24) is 5.32 Å². The number of esters is 1. The molecule has 2 rings (SSSR count). The van der Waals surface area contributed by atoms with Crippen molar-refractivity contribution in [2.75, 3.05) is 6.54 Å². The average Bonchev–Trinajstić information content (AvgIpc) is 3.05. The van der Waals surface area contributed by atoms with Gasteiger partial charge in [0.1, 0.15) is 13.2 Å². The third-order valence-electron chi connectivity index (χ3n) is 4.08. The molecule has 0 radical (unpaired) electrons. The molecule has 0 saturated carbocycles. The van der Waals surface area contributed by atoms with Gasteiger partial charge in [-0.05, 0) is 53.6 Å². The first-order valence-electron chi connectivity index (χ1n) is 8.26. The smallest absolute Gasteiger partial charge is 0.325 e. The molecule has 0 aliphatic carbocycles. The predicted octanol–water partition coefficient (Wildman–Crippen LogP) is 3.67. The Morgan fingerprint density at radius 3 is 2.32 bits per heavy atom. The Morgan fingerprint density at radius 1 is 1.16 bits per heavy atom. The highest BCUT2D eigenvalue weighted by molar-refractivity contribution is 5.93. The van der Waals surface area contributed by atoms with Gasteiger partial charge >= 0.3 is 5.97 Å². The first-order chi connectivity index (χ1) is 11.7. The van der Waals surface area contributed by atoms with Crippen molar-refractivity contribution >= 4 is 11.9 Å². The SMILES string of the molecule is Cc1cc(C(C)(C)C)cc(C)c1COC(=O)CNC(=O)c1ccco1. The van der Waals surface area contributed by atoms with Crippen LogP contribution < -0.4 is 5.32 Å². The van der Waals surface area contributed by atoms with Crippen molar-refractivity contribution in [3.8, 4) is 0 Å². The Kier molecular flexibility index (Phi) is 5.67. The molecule has 0 fully saturated rings. The maximum absolute atomic E-state index is 11.9. The van der Waals surface area contributed by atoms with E-state index in [1.165, 1.54) is 17.9 Å². The molecule has 2 aromatic rings. The topological polar surface area (TPSA) is 68.5 Å². The zero-order valence-corrected chi connectivity index (χ0v) is 15.4. The van der Waals surface area contributed by atoms with E-state index in [2.05, 4.69) is 38.2 Å². The highest BCUT2D eigenvalue weighted by Gasteiger charge is 2.17. The van der Waals surface area contributed by atoms with Crippen LogP contribution in [-0.2, 0) is 21.6 Å². The summed E-state index contributed by atoms with van der Waals surface area (Å²) in [4.78, 5) is 23.6. The van der Waals surface area contributed by atoms with Gasteiger partial charge in [-0.25, -0.2) is 0 Å². The summed E-state index contributed by atoms with van der Waals surface area (Å²) in [5.74, 6) is -0.764. The molecule has 1 aromatic heterocycles. The van der Waals surface area contributed by atoms with E-state index in [1.54, 1.807) is 6.07 Å². The summed E-state index contributed by atoms with van der Waals surface area (Å²) < 4.78 is 10.3. The standard InChI is InChI=1S/C20H25NO4/c1-13-9-15(20(3,4)5)10-14(2)16(13)12-25-18(22)11-21-19(23)17-7-6-8-24-17/h6-10H,11-12H2,1-5H3,(H,21,23). The number of carbonyl (C=O) groups excluding carboxylic acids is 2. The zero-order valence-electron chi connectivity index (χ0n) is 15.4. The van der Waals surface area contributed by atoms with Crippen molar-refractivity contribution < 1.29 is 18.7 Å².